The quantitative estimate of drug-likeness (QED) is 0.593. The van der Waals surface area contributed by atoms with Gasteiger partial charge in [0.1, 0.15) is 0 Å². The van der Waals surface area contributed by atoms with Crippen LogP contribution in [0.5, 0.6) is 0 Å². The molecule has 1 aromatic heterocycles. The second-order valence-electron chi connectivity index (χ2n) is 5.54. The molecule has 0 spiro atoms. The molecule has 4 rings (SSSR count). The fraction of sp³-hybridized carbons (Fsp3) is 0. The summed E-state index contributed by atoms with van der Waals surface area (Å²) in [4.78, 5) is 17.1. The third-order valence-electron chi connectivity index (χ3n) is 3.95. The Morgan fingerprint density at radius 1 is 0.960 bits per heavy atom. The fourth-order valence-electron chi connectivity index (χ4n) is 2.72. The third kappa shape index (κ3) is 2.75. The van der Waals surface area contributed by atoms with Gasteiger partial charge in [-0.15, -0.1) is 5.10 Å². The standard InChI is InChI=1S/C19H13ClN4O/c20-14-10-8-13(9-11-14)17-22-19(21)24(23-17)18(25)16-7-3-5-12-4-1-2-6-15(12)16/h1-11H,(H2,21,22,23). The lowest BCUT2D eigenvalue weighted by atomic mass is 10.0. The topological polar surface area (TPSA) is 73.8 Å². The highest BCUT2D eigenvalue weighted by Gasteiger charge is 2.18. The molecule has 1 heterocycles. The molecular formula is C19H13ClN4O. The maximum Gasteiger partial charge on any atom is 0.282 e. The number of nitrogen functional groups attached to an aromatic ring is 1. The van der Waals surface area contributed by atoms with Crippen molar-refractivity contribution in [1.29, 1.82) is 0 Å². The SMILES string of the molecule is Nc1nc(-c2ccc(Cl)cc2)nn1C(=O)c1cccc2ccccc12. The van der Waals surface area contributed by atoms with Gasteiger partial charge in [0.05, 0.1) is 0 Å². The molecule has 0 aliphatic rings. The predicted octanol–water partition coefficient (Wildman–Crippen LogP) is 4.02. The van der Waals surface area contributed by atoms with E-state index >= 15 is 0 Å². The molecule has 0 amide bonds. The number of rotatable bonds is 2. The van der Waals surface area contributed by atoms with Crippen LogP contribution in [-0.2, 0) is 0 Å². The lowest BCUT2D eigenvalue weighted by molar-refractivity contribution is 0.0949. The van der Waals surface area contributed by atoms with Gasteiger partial charge in [-0.05, 0) is 41.1 Å². The van der Waals surface area contributed by atoms with E-state index in [1.165, 1.54) is 0 Å². The van der Waals surface area contributed by atoms with Gasteiger partial charge in [0, 0.05) is 16.1 Å². The Morgan fingerprint density at radius 2 is 1.68 bits per heavy atom. The van der Waals surface area contributed by atoms with Crippen molar-refractivity contribution in [3.8, 4) is 11.4 Å². The van der Waals surface area contributed by atoms with Crippen molar-refractivity contribution < 1.29 is 4.79 Å². The van der Waals surface area contributed by atoms with E-state index in [9.17, 15) is 4.79 Å². The summed E-state index contributed by atoms with van der Waals surface area (Å²) in [5.74, 6) is 0.104. The molecule has 4 aromatic rings. The third-order valence-corrected chi connectivity index (χ3v) is 4.20. The number of hydrogen-bond donors (Lipinski definition) is 1. The summed E-state index contributed by atoms with van der Waals surface area (Å²) in [7, 11) is 0. The number of fused-ring (bicyclic) bond motifs is 1. The maximum absolute atomic E-state index is 12.9. The highest BCUT2D eigenvalue weighted by Crippen LogP contribution is 2.22. The minimum atomic E-state index is -0.318. The van der Waals surface area contributed by atoms with E-state index in [4.69, 9.17) is 17.3 Å². The number of nitrogens with zero attached hydrogens (tertiary/aromatic N) is 3. The molecule has 0 bridgehead atoms. The van der Waals surface area contributed by atoms with Crippen LogP contribution in [0.2, 0.25) is 5.02 Å². The molecule has 25 heavy (non-hydrogen) atoms. The zero-order valence-corrected chi connectivity index (χ0v) is 13.8. The average Bonchev–Trinajstić information content (AvgIpc) is 3.03. The highest BCUT2D eigenvalue weighted by molar-refractivity contribution is 6.30. The van der Waals surface area contributed by atoms with Crippen LogP contribution in [0.15, 0.2) is 66.7 Å². The summed E-state index contributed by atoms with van der Waals surface area (Å²) in [6.07, 6.45) is 0. The van der Waals surface area contributed by atoms with Gasteiger partial charge in [0.15, 0.2) is 5.82 Å². The van der Waals surface area contributed by atoms with Gasteiger partial charge in [-0.3, -0.25) is 4.79 Å². The summed E-state index contributed by atoms with van der Waals surface area (Å²) < 4.78 is 1.13. The molecule has 3 aromatic carbocycles. The molecule has 0 radical (unpaired) electrons. The first kappa shape index (κ1) is 15.4. The first-order valence-electron chi connectivity index (χ1n) is 7.64. The van der Waals surface area contributed by atoms with Crippen LogP contribution in [0, 0.1) is 0 Å². The first-order valence-corrected chi connectivity index (χ1v) is 8.02. The van der Waals surface area contributed by atoms with Gasteiger partial charge in [-0.2, -0.15) is 9.67 Å². The van der Waals surface area contributed by atoms with Crippen LogP contribution in [0.25, 0.3) is 22.2 Å². The highest BCUT2D eigenvalue weighted by atomic mass is 35.5. The number of nitrogens with two attached hydrogens (primary N) is 1. The normalized spacial score (nSPS) is 10.9. The van der Waals surface area contributed by atoms with Gasteiger partial charge < -0.3 is 5.73 Å². The summed E-state index contributed by atoms with van der Waals surface area (Å²) in [6.45, 7) is 0. The van der Waals surface area contributed by atoms with Crippen molar-refractivity contribution in [2.75, 3.05) is 5.73 Å². The molecule has 0 saturated heterocycles. The Hall–Kier alpha value is -3.18. The van der Waals surface area contributed by atoms with E-state index in [1.807, 2.05) is 36.4 Å². The molecule has 2 N–H and O–H groups in total. The number of carbonyl (C=O) groups is 1. The zero-order chi connectivity index (χ0) is 17.4. The first-order chi connectivity index (χ1) is 12.1. The number of benzene rings is 3. The molecule has 122 valence electrons. The smallest absolute Gasteiger partial charge is 0.282 e. The second kappa shape index (κ2) is 6.03. The molecule has 0 fully saturated rings. The molecule has 6 heteroatoms. The molecule has 0 atom stereocenters. The summed E-state index contributed by atoms with van der Waals surface area (Å²) >= 11 is 5.90. The van der Waals surface area contributed by atoms with Gasteiger partial charge in [-0.25, -0.2) is 0 Å². The van der Waals surface area contributed by atoms with E-state index in [2.05, 4.69) is 10.1 Å². The predicted molar refractivity (Wildman–Crippen MR) is 98.6 cm³/mol. The number of anilines is 1. The number of carbonyl (C=O) groups excluding carboxylic acids is 1. The Labute approximate surface area is 148 Å². The molecular weight excluding hydrogens is 336 g/mol. The van der Waals surface area contributed by atoms with Crippen LogP contribution in [0.3, 0.4) is 0 Å². The van der Waals surface area contributed by atoms with Gasteiger partial charge in [0.2, 0.25) is 5.95 Å². The van der Waals surface area contributed by atoms with Crippen LogP contribution < -0.4 is 5.73 Å². The van der Waals surface area contributed by atoms with E-state index < -0.39 is 0 Å². The lowest BCUT2D eigenvalue weighted by Crippen LogP contribution is -2.16. The van der Waals surface area contributed by atoms with Crippen molar-refractivity contribution >= 4 is 34.2 Å². The van der Waals surface area contributed by atoms with Crippen molar-refractivity contribution in [3.05, 3.63) is 77.3 Å². The summed E-state index contributed by atoms with van der Waals surface area (Å²) in [5.41, 5.74) is 7.20. The summed E-state index contributed by atoms with van der Waals surface area (Å²) in [6, 6.07) is 20.3. The molecule has 0 saturated carbocycles. The van der Waals surface area contributed by atoms with E-state index in [-0.39, 0.29) is 11.9 Å². The van der Waals surface area contributed by atoms with E-state index in [1.54, 1.807) is 30.3 Å². The van der Waals surface area contributed by atoms with E-state index in [0.29, 0.717) is 16.4 Å². The lowest BCUT2D eigenvalue weighted by Gasteiger charge is -2.05. The minimum absolute atomic E-state index is 0.0443. The molecule has 0 unspecified atom stereocenters. The van der Waals surface area contributed by atoms with Crippen LogP contribution in [-0.4, -0.2) is 20.7 Å². The largest absolute Gasteiger partial charge is 0.368 e. The van der Waals surface area contributed by atoms with Crippen LogP contribution in [0.1, 0.15) is 10.4 Å². The second-order valence-corrected chi connectivity index (χ2v) is 5.98. The number of aromatic nitrogens is 3. The minimum Gasteiger partial charge on any atom is -0.368 e. The Morgan fingerprint density at radius 3 is 2.48 bits per heavy atom. The van der Waals surface area contributed by atoms with Crippen LogP contribution >= 0.6 is 11.6 Å². The van der Waals surface area contributed by atoms with Crippen molar-refractivity contribution in [2.24, 2.45) is 0 Å². The van der Waals surface area contributed by atoms with Crippen molar-refractivity contribution in [3.63, 3.8) is 0 Å². The van der Waals surface area contributed by atoms with Gasteiger partial charge >= 0.3 is 0 Å². The van der Waals surface area contributed by atoms with Crippen molar-refractivity contribution in [1.82, 2.24) is 14.8 Å². The molecule has 0 aliphatic carbocycles. The Balaban J connectivity index is 1.79. The number of hydrogen-bond acceptors (Lipinski definition) is 4. The Bertz CT molecular complexity index is 1080. The zero-order valence-electron chi connectivity index (χ0n) is 13.1. The molecule has 0 aliphatic heterocycles. The van der Waals surface area contributed by atoms with Gasteiger partial charge in [-0.1, -0.05) is 48.0 Å². The average molecular weight is 349 g/mol. The number of halogens is 1. The van der Waals surface area contributed by atoms with Crippen LogP contribution in [0.4, 0.5) is 5.95 Å². The van der Waals surface area contributed by atoms with Gasteiger partial charge in [0.25, 0.3) is 5.91 Å². The maximum atomic E-state index is 12.9. The Kier molecular flexibility index (Phi) is 3.71. The fourth-order valence-corrected chi connectivity index (χ4v) is 2.85. The summed E-state index contributed by atoms with van der Waals surface area (Å²) in [5, 5.41) is 6.72. The van der Waals surface area contributed by atoms with Crippen molar-refractivity contribution in [2.45, 2.75) is 0 Å². The van der Waals surface area contributed by atoms with E-state index in [0.717, 1.165) is 21.0 Å². The molecule has 5 nitrogen and oxygen atoms in total. The monoisotopic (exact) mass is 348 g/mol.